The summed E-state index contributed by atoms with van der Waals surface area (Å²) in [6.45, 7) is 0.402. The smallest absolute Gasteiger partial charge is 0.406 e. The molecular formula is C11H15F3N2O3S. The molecule has 1 aromatic carbocycles. The van der Waals surface area contributed by atoms with Crippen LogP contribution in [0.5, 0.6) is 5.75 Å². The zero-order valence-corrected chi connectivity index (χ0v) is 11.3. The third-order valence-corrected chi connectivity index (χ3v) is 3.60. The summed E-state index contributed by atoms with van der Waals surface area (Å²) in [5, 5.41) is 0. The Labute approximate surface area is 115 Å². The summed E-state index contributed by atoms with van der Waals surface area (Å²) >= 11 is 0. The second-order valence-corrected chi connectivity index (χ2v) is 5.83. The highest BCUT2D eigenvalue weighted by molar-refractivity contribution is 7.92. The number of anilines is 1. The van der Waals surface area contributed by atoms with Crippen LogP contribution in [0.1, 0.15) is 12.8 Å². The maximum absolute atomic E-state index is 11.9. The molecule has 1 aromatic rings. The molecule has 0 saturated carbocycles. The lowest BCUT2D eigenvalue weighted by atomic mass is 10.3. The summed E-state index contributed by atoms with van der Waals surface area (Å²) in [6, 6.07) is 4.46. The first-order valence-corrected chi connectivity index (χ1v) is 7.43. The van der Waals surface area contributed by atoms with E-state index in [4.69, 9.17) is 5.73 Å². The summed E-state index contributed by atoms with van der Waals surface area (Å²) in [4.78, 5) is 0. The van der Waals surface area contributed by atoms with Crippen molar-refractivity contribution >= 4 is 15.7 Å². The molecule has 0 aliphatic carbocycles. The molecular weight excluding hydrogens is 297 g/mol. The first kappa shape index (κ1) is 16.6. The van der Waals surface area contributed by atoms with Crippen LogP contribution in [0.15, 0.2) is 24.3 Å². The van der Waals surface area contributed by atoms with Crippen LogP contribution in [-0.4, -0.2) is 27.1 Å². The van der Waals surface area contributed by atoms with Crippen LogP contribution in [0.3, 0.4) is 0 Å². The molecule has 0 bridgehead atoms. The van der Waals surface area contributed by atoms with Crippen molar-refractivity contribution in [1.82, 2.24) is 0 Å². The van der Waals surface area contributed by atoms with Crippen molar-refractivity contribution in [3.05, 3.63) is 24.3 Å². The monoisotopic (exact) mass is 312 g/mol. The minimum atomic E-state index is -4.77. The Morgan fingerprint density at radius 1 is 1.15 bits per heavy atom. The van der Waals surface area contributed by atoms with Crippen molar-refractivity contribution in [3.8, 4) is 5.75 Å². The molecule has 0 unspecified atom stereocenters. The van der Waals surface area contributed by atoms with Gasteiger partial charge < -0.3 is 10.5 Å². The van der Waals surface area contributed by atoms with Crippen LogP contribution in [0.2, 0.25) is 0 Å². The fourth-order valence-corrected chi connectivity index (χ4v) is 2.57. The molecule has 0 aliphatic rings. The van der Waals surface area contributed by atoms with E-state index in [0.717, 1.165) is 12.1 Å². The van der Waals surface area contributed by atoms with E-state index in [-0.39, 0.29) is 11.4 Å². The van der Waals surface area contributed by atoms with Gasteiger partial charge in [0.1, 0.15) is 5.75 Å². The van der Waals surface area contributed by atoms with E-state index >= 15 is 0 Å². The number of sulfonamides is 1. The summed E-state index contributed by atoms with van der Waals surface area (Å²) in [7, 11) is -3.52. The number of rotatable bonds is 7. The van der Waals surface area contributed by atoms with E-state index < -0.39 is 22.1 Å². The Bertz CT molecular complexity index is 515. The molecule has 1 rings (SSSR count). The fraction of sp³-hybridized carbons (Fsp3) is 0.455. The average molecular weight is 312 g/mol. The highest BCUT2D eigenvalue weighted by atomic mass is 32.2. The van der Waals surface area contributed by atoms with E-state index in [1.54, 1.807) is 0 Å². The van der Waals surface area contributed by atoms with Crippen molar-refractivity contribution in [2.24, 2.45) is 5.73 Å². The number of hydrogen-bond acceptors (Lipinski definition) is 4. The molecule has 0 atom stereocenters. The van der Waals surface area contributed by atoms with Crippen LogP contribution < -0.4 is 15.2 Å². The maximum atomic E-state index is 11.9. The largest absolute Gasteiger partial charge is 0.573 e. The first-order chi connectivity index (χ1) is 9.22. The minimum Gasteiger partial charge on any atom is -0.406 e. The van der Waals surface area contributed by atoms with Gasteiger partial charge in [0.05, 0.1) is 5.75 Å². The summed E-state index contributed by atoms with van der Waals surface area (Å²) in [5.74, 6) is -0.506. The Kier molecular flexibility index (Phi) is 5.63. The molecule has 9 heteroatoms. The standard InChI is InChI=1S/C11H15F3N2O3S/c12-11(13,14)19-10-5-3-9(4-6-10)16-20(17,18)8-2-1-7-15/h3-6,16H,1-2,7-8,15H2. The van der Waals surface area contributed by atoms with Gasteiger partial charge in [0.25, 0.3) is 0 Å². The summed E-state index contributed by atoms with van der Waals surface area (Å²) in [6.07, 6.45) is -3.77. The van der Waals surface area contributed by atoms with Gasteiger partial charge in [-0.1, -0.05) is 0 Å². The quantitative estimate of drug-likeness (QED) is 0.755. The molecule has 0 amide bonds. The molecule has 0 heterocycles. The molecule has 114 valence electrons. The number of nitrogens with one attached hydrogen (secondary N) is 1. The number of halogens is 3. The van der Waals surface area contributed by atoms with Crippen LogP contribution in [0.4, 0.5) is 18.9 Å². The van der Waals surface area contributed by atoms with Gasteiger partial charge in [0.2, 0.25) is 10.0 Å². The van der Waals surface area contributed by atoms with Gasteiger partial charge in [-0.05, 0) is 43.7 Å². The van der Waals surface area contributed by atoms with Crippen LogP contribution in [0, 0.1) is 0 Å². The predicted molar refractivity (Wildman–Crippen MR) is 68.8 cm³/mol. The Morgan fingerprint density at radius 2 is 1.75 bits per heavy atom. The summed E-state index contributed by atoms with van der Waals surface area (Å²) < 4.78 is 65.0. The van der Waals surface area contributed by atoms with Gasteiger partial charge in [-0.25, -0.2) is 8.42 Å². The lowest BCUT2D eigenvalue weighted by Gasteiger charge is -2.10. The van der Waals surface area contributed by atoms with Gasteiger partial charge in [-0.15, -0.1) is 13.2 Å². The van der Waals surface area contributed by atoms with Crippen molar-refractivity contribution in [3.63, 3.8) is 0 Å². The molecule has 5 nitrogen and oxygen atoms in total. The Hall–Kier alpha value is -1.48. The van der Waals surface area contributed by atoms with Crippen molar-refractivity contribution in [1.29, 1.82) is 0 Å². The Balaban J connectivity index is 2.61. The zero-order chi connectivity index (χ0) is 15.2. The molecule has 20 heavy (non-hydrogen) atoms. The van der Waals surface area contributed by atoms with Crippen molar-refractivity contribution in [2.45, 2.75) is 19.2 Å². The van der Waals surface area contributed by atoms with Crippen LogP contribution in [-0.2, 0) is 10.0 Å². The average Bonchev–Trinajstić information content (AvgIpc) is 2.30. The maximum Gasteiger partial charge on any atom is 0.573 e. The topological polar surface area (TPSA) is 81.4 Å². The Morgan fingerprint density at radius 3 is 2.25 bits per heavy atom. The number of nitrogens with two attached hydrogens (primary N) is 1. The number of hydrogen-bond donors (Lipinski definition) is 2. The number of alkyl halides is 3. The highest BCUT2D eigenvalue weighted by Crippen LogP contribution is 2.24. The second kappa shape index (κ2) is 6.80. The second-order valence-electron chi connectivity index (χ2n) is 3.99. The minimum absolute atomic E-state index is 0.0923. The first-order valence-electron chi connectivity index (χ1n) is 5.78. The van der Waals surface area contributed by atoms with E-state index in [9.17, 15) is 21.6 Å². The lowest BCUT2D eigenvalue weighted by molar-refractivity contribution is -0.274. The molecule has 0 spiro atoms. The third-order valence-electron chi connectivity index (χ3n) is 2.23. The molecule has 0 radical (unpaired) electrons. The van der Waals surface area contributed by atoms with Gasteiger partial charge in [-0.3, -0.25) is 4.72 Å². The molecule has 0 saturated heterocycles. The predicted octanol–water partition coefficient (Wildman–Crippen LogP) is 2.07. The highest BCUT2D eigenvalue weighted by Gasteiger charge is 2.30. The number of unbranched alkanes of at least 4 members (excludes halogenated alkanes) is 1. The molecule has 0 aliphatic heterocycles. The van der Waals surface area contributed by atoms with Crippen LogP contribution in [0.25, 0.3) is 0 Å². The van der Waals surface area contributed by atoms with Gasteiger partial charge in [0, 0.05) is 5.69 Å². The normalized spacial score (nSPS) is 12.2. The van der Waals surface area contributed by atoms with Gasteiger partial charge in [0.15, 0.2) is 0 Å². The fourth-order valence-electron chi connectivity index (χ4n) is 1.39. The zero-order valence-electron chi connectivity index (χ0n) is 10.5. The molecule has 0 aromatic heterocycles. The number of benzene rings is 1. The third kappa shape index (κ3) is 6.62. The molecule has 0 fully saturated rings. The van der Waals surface area contributed by atoms with Crippen LogP contribution >= 0.6 is 0 Å². The van der Waals surface area contributed by atoms with E-state index in [1.807, 2.05) is 0 Å². The number of ether oxygens (including phenoxy) is 1. The molecule has 3 N–H and O–H groups in total. The van der Waals surface area contributed by atoms with E-state index in [2.05, 4.69) is 9.46 Å². The van der Waals surface area contributed by atoms with E-state index in [0.29, 0.717) is 19.4 Å². The SMILES string of the molecule is NCCCCS(=O)(=O)Nc1ccc(OC(F)(F)F)cc1. The van der Waals surface area contributed by atoms with Crippen molar-refractivity contribution < 1.29 is 26.3 Å². The van der Waals surface area contributed by atoms with Crippen molar-refractivity contribution in [2.75, 3.05) is 17.0 Å². The van der Waals surface area contributed by atoms with E-state index in [1.165, 1.54) is 12.1 Å². The lowest BCUT2D eigenvalue weighted by Crippen LogP contribution is -2.18. The summed E-state index contributed by atoms with van der Waals surface area (Å²) in [5.41, 5.74) is 5.43. The van der Waals surface area contributed by atoms with Gasteiger partial charge >= 0.3 is 6.36 Å². The van der Waals surface area contributed by atoms with Gasteiger partial charge in [-0.2, -0.15) is 0 Å².